The Bertz CT molecular complexity index is 397. The lowest BCUT2D eigenvalue weighted by atomic mass is 9.82. The van der Waals surface area contributed by atoms with Crippen LogP contribution in [0, 0.1) is 0 Å². The van der Waals surface area contributed by atoms with Crippen LogP contribution in [0.5, 0.6) is 0 Å². The molecular formula is C16H26N2O. The lowest BCUT2D eigenvalue weighted by Crippen LogP contribution is -2.54. The number of nitrogens with zero attached hydrogens (tertiary/aromatic N) is 1. The third-order valence-corrected chi connectivity index (χ3v) is 4.76. The van der Waals surface area contributed by atoms with Crippen molar-refractivity contribution in [1.82, 2.24) is 10.2 Å². The number of piperidine rings is 1. The van der Waals surface area contributed by atoms with Gasteiger partial charge in [0.25, 0.3) is 0 Å². The van der Waals surface area contributed by atoms with E-state index in [1.54, 1.807) is 11.1 Å². The zero-order chi connectivity index (χ0) is 13.6. The summed E-state index contributed by atoms with van der Waals surface area (Å²) in [5.41, 5.74) is 3.27. The average Bonchev–Trinajstić information content (AvgIpc) is 2.46. The largest absolute Gasteiger partial charge is 0.333 e. The molecule has 3 aliphatic rings. The van der Waals surface area contributed by atoms with Crippen LogP contribution in [0.25, 0.3) is 0 Å². The molecule has 2 unspecified atom stereocenters. The Morgan fingerprint density at radius 2 is 1.68 bits per heavy atom. The number of carbonyl (C=O) groups is 1. The maximum absolute atomic E-state index is 12.4. The first-order chi connectivity index (χ1) is 8.94. The second-order valence-corrected chi connectivity index (χ2v) is 7.44. The zero-order valence-electron chi connectivity index (χ0n) is 12.5. The summed E-state index contributed by atoms with van der Waals surface area (Å²) in [5.74, 6) is 0. The van der Waals surface area contributed by atoms with Crippen molar-refractivity contribution >= 4 is 6.03 Å². The van der Waals surface area contributed by atoms with Crippen LogP contribution < -0.4 is 5.32 Å². The molecule has 106 valence electrons. The van der Waals surface area contributed by atoms with Gasteiger partial charge in [0.05, 0.1) is 0 Å². The van der Waals surface area contributed by atoms with E-state index < -0.39 is 0 Å². The van der Waals surface area contributed by atoms with Crippen molar-refractivity contribution in [2.45, 2.75) is 83.3 Å². The van der Waals surface area contributed by atoms with Crippen LogP contribution in [-0.4, -0.2) is 28.6 Å². The summed E-state index contributed by atoms with van der Waals surface area (Å²) < 4.78 is 0. The molecule has 3 nitrogen and oxygen atoms in total. The Labute approximate surface area is 116 Å². The Morgan fingerprint density at radius 3 is 2.11 bits per heavy atom. The van der Waals surface area contributed by atoms with E-state index in [1.807, 2.05) is 0 Å². The molecule has 1 aliphatic carbocycles. The minimum Gasteiger partial charge on any atom is -0.333 e. The average molecular weight is 262 g/mol. The molecule has 19 heavy (non-hydrogen) atoms. The van der Waals surface area contributed by atoms with Crippen LogP contribution in [0.3, 0.4) is 0 Å². The molecule has 3 heteroatoms. The van der Waals surface area contributed by atoms with Crippen LogP contribution in [-0.2, 0) is 0 Å². The van der Waals surface area contributed by atoms with Gasteiger partial charge in [-0.25, -0.2) is 4.79 Å². The number of rotatable bonds is 0. The quantitative estimate of drug-likeness (QED) is 0.665. The van der Waals surface area contributed by atoms with Crippen LogP contribution in [0.4, 0.5) is 4.79 Å². The van der Waals surface area contributed by atoms with Crippen molar-refractivity contribution in [2.24, 2.45) is 0 Å². The smallest absolute Gasteiger partial charge is 0.318 e. The van der Waals surface area contributed by atoms with Gasteiger partial charge >= 0.3 is 6.03 Å². The van der Waals surface area contributed by atoms with E-state index in [1.165, 1.54) is 32.1 Å². The Morgan fingerprint density at radius 1 is 1.11 bits per heavy atom. The third-order valence-electron chi connectivity index (χ3n) is 4.76. The summed E-state index contributed by atoms with van der Waals surface area (Å²) in [6.45, 7) is 6.16. The molecule has 2 amide bonds. The highest BCUT2D eigenvalue weighted by atomic mass is 16.2. The molecule has 2 heterocycles. The van der Waals surface area contributed by atoms with E-state index in [-0.39, 0.29) is 11.6 Å². The van der Waals surface area contributed by atoms with Gasteiger partial charge in [0, 0.05) is 17.6 Å². The predicted octanol–water partition coefficient (Wildman–Crippen LogP) is 3.60. The first kappa shape index (κ1) is 13.0. The number of hydrogen-bond donors (Lipinski definition) is 1. The highest BCUT2D eigenvalue weighted by molar-refractivity contribution is 5.76. The molecule has 0 aromatic heterocycles. The number of fused-ring (bicyclic) bond motifs is 2. The molecule has 0 aromatic rings. The van der Waals surface area contributed by atoms with E-state index in [0.717, 1.165) is 12.8 Å². The molecule has 2 saturated heterocycles. The Hall–Kier alpha value is -0.990. The Kier molecular flexibility index (Phi) is 3.11. The second kappa shape index (κ2) is 4.53. The summed E-state index contributed by atoms with van der Waals surface area (Å²) in [7, 11) is 0. The van der Waals surface area contributed by atoms with Crippen LogP contribution in [0.2, 0.25) is 0 Å². The van der Waals surface area contributed by atoms with Gasteiger partial charge in [0.15, 0.2) is 0 Å². The normalized spacial score (nSPS) is 30.4. The van der Waals surface area contributed by atoms with Crippen LogP contribution >= 0.6 is 0 Å². The van der Waals surface area contributed by atoms with Crippen molar-refractivity contribution in [1.29, 1.82) is 0 Å². The molecular weight excluding hydrogens is 236 g/mol. The Balaban J connectivity index is 1.71. The van der Waals surface area contributed by atoms with Crippen molar-refractivity contribution in [3.63, 3.8) is 0 Å². The summed E-state index contributed by atoms with van der Waals surface area (Å²) in [4.78, 5) is 14.6. The minimum atomic E-state index is -0.136. The summed E-state index contributed by atoms with van der Waals surface area (Å²) >= 11 is 0. The van der Waals surface area contributed by atoms with Gasteiger partial charge in [-0.2, -0.15) is 0 Å². The maximum atomic E-state index is 12.4. The van der Waals surface area contributed by atoms with E-state index >= 15 is 0 Å². The maximum Gasteiger partial charge on any atom is 0.318 e. The first-order valence-electron chi connectivity index (χ1n) is 7.74. The molecule has 0 aromatic carbocycles. The lowest BCUT2D eigenvalue weighted by Gasteiger charge is -2.39. The van der Waals surface area contributed by atoms with Crippen molar-refractivity contribution in [3.8, 4) is 0 Å². The molecule has 1 saturated carbocycles. The van der Waals surface area contributed by atoms with Gasteiger partial charge in [0.2, 0.25) is 0 Å². The molecule has 3 rings (SSSR count). The number of allylic oxidation sites excluding steroid dienone is 1. The molecule has 0 radical (unpaired) electrons. The van der Waals surface area contributed by atoms with Gasteiger partial charge in [0.1, 0.15) is 0 Å². The van der Waals surface area contributed by atoms with Crippen molar-refractivity contribution in [3.05, 3.63) is 11.1 Å². The van der Waals surface area contributed by atoms with Gasteiger partial charge in [-0.1, -0.05) is 11.1 Å². The van der Waals surface area contributed by atoms with E-state index in [0.29, 0.717) is 12.1 Å². The number of nitrogens with one attached hydrogen (secondary N) is 1. The van der Waals surface area contributed by atoms with Gasteiger partial charge < -0.3 is 10.2 Å². The third kappa shape index (κ3) is 2.52. The number of hydrogen-bond acceptors (Lipinski definition) is 1. The predicted molar refractivity (Wildman–Crippen MR) is 77.0 cm³/mol. The minimum absolute atomic E-state index is 0.136. The fourth-order valence-electron chi connectivity index (χ4n) is 3.73. The summed E-state index contributed by atoms with van der Waals surface area (Å²) in [6.07, 6.45) is 8.69. The number of amides is 2. The highest BCUT2D eigenvalue weighted by Gasteiger charge is 2.42. The van der Waals surface area contributed by atoms with Crippen molar-refractivity contribution in [2.75, 3.05) is 0 Å². The van der Waals surface area contributed by atoms with E-state index in [2.05, 4.69) is 31.0 Å². The van der Waals surface area contributed by atoms with Crippen molar-refractivity contribution < 1.29 is 4.79 Å². The number of urea groups is 1. The lowest BCUT2D eigenvalue weighted by molar-refractivity contribution is 0.152. The first-order valence-corrected chi connectivity index (χ1v) is 7.74. The molecule has 2 atom stereocenters. The molecule has 1 N–H and O–H groups in total. The number of carbonyl (C=O) groups excluding carboxylic acids is 1. The standard InChI is InChI=1S/C16H26N2O/c1-16(2,3)17-15(19)18-13-7-8-14(18)10-12(9-13)11-5-4-6-11/h13-14H,4-10H2,1-3H3,(H,17,19). The summed E-state index contributed by atoms with van der Waals surface area (Å²) in [5, 5.41) is 3.13. The fourth-order valence-corrected chi connectivity index (χ4v) is 3.73. The second-order valence-electron chi connectivity index (χ2n) is 7.44. The van der Waals surface area contributed by atoms with Crippen LogP contribution in [0.1, 0.15) is 65.7 Å². The molecule has 2 aliphatic heterocycles. The summed E-state index contributed by atoms with van der Waals surface area (Å²) in [6, 6.07) is 1.08. The topological polar surface area (TPSA) is 32.3 Å². The monoisotopic (exact) mass is 262 g/mol. The highest BCUT2D eigenvalue weighted by Crippen LogP contribution is 2.43. The fraction of sp³-hybridized carbons (Fsp3) is 0.812. The molecule has 0 spiro atoms. The van der Waals surface area contributed by atoms with E-state index in [9.17, 15) is 4.79 Å². The van der Waals surface area contributed by atoms with Gasteiger partial charge in [-0.3, -0.25) is 0 Å². The SMILES string of the molecule is CC(C)(C)NC(=O)N1C2CCC1CC(=C1CCC1)C2. The zero-order valence-corrected chi connectivity index (χ0v) is 12.5. The molecule has 2 bridgehead atoms. The van der Waals surface area contributed by atoms with Gasteiger partial charge in [-0.15, -0.1) is 0 Å². The van der Waals surface area contributed by atoms with Gasteiger partial charge in [-0.05, 0) is 65.7 Å². The van der Waals surface area contributed by atoms with E-state index in [4.69, 9.17) is 0 Å². The van der Waals surface area contributed by atoms with Crippen LogP contribution in [0.15, 0.2) is 11.1 Å². The molecule has 3 fully saturated rings.